The van der Waals surface area contributed by atoms with E-state index in [1.165, 1.54) is 17.2 Å². The Labute approximate surface area is 131 Å². The van der Waals surface area contributed by atoms with Crippen molar-refractivity contribution < 1.29 is 4.39 Å². The van der Waals surface area contributed by atoms with Crippen molar-refractivity contribution in [2.24, 2.45) is 5.92 Å². The summed E-state index contributed by atoms with van der Waals surface area (Å²) in [7, 11) is 1.94. The lowest BCUT2D eigenvalue weighted by atomic mass is 9.90. The molecule has 0 bridgehead atoms. The molecule has 0 saturated carbocycles. The highest BCUT2D eigenvalue weighted by atomic mass is 35.5. The summed E-state index contributed by atoms with van der Waals surface area (Å²) >= 11 is 6.19. The molecule has 1 atom stereocenters. The largest absolute Gasteiger partial charge is 0.319 e. The number of nitrogens with one attached hydrogen (secondary N) is 1. The van der Waals surface area contributed by atoms with Gasteiger partial charge in [0, 0.05) is 5.02 Å². The van der Waals surface area contributed by atoms with Gasteiger partial charge in [-0.1, -0.05) is 35.9 Å². The van der Waals surface area contributed by atoms with Crippen LogP contribution in [0.15, 0.2) is 42.5 Å². The average molecular weight is 306 g/mol. The lowest BCUT2D eigenvalue weighted by Gasteiger charge is -2.19. The Morgan fingerprint density at radius 1 is 1.10 bits per heavy atom. The molecule has 1 N–H and O–H groups in total. The highest BCUT2D eigenvalue weighted by Crippen LogP contribution is 2.23. The second-order valence-electron chi connectivity index (χ2n) is 5.49. The Balaban J connectivity index is 2.16. The molecule has 1 unspecified atom stereocenters. The minimum Gasteiger partial charge on any atom is -0.319 e. The summed E-state index contributed by atoms with van der Waals surface area (Å²) in [5.41, 5.74) is 3.51. The molecule has 0 saturated heterocycles. The summed E-state index contributed by atoms with van der Waals surface area (Å²) in [6.45, 7) is 3.00. The van der Waals surface area contributed by atoms with Gasteiger partial charge in [-0.05, 0) is 74.2 Å². The summed E-state index contributed by atoms with van der Waals surface area (Å²) in [4.78, 5) is 0. The van der Waals surface area contributed by atoms with Crippen LogP contribution in [0.4, 0.5) is 4.39 Å². The van der Waals surface area contributed by atoms with Gasteiger partial charge in [-0.2, -0.15) is 0 Å². The first-order valence-corrected chi connectivity index (χ1v) is 7.61. The first-order valence-electron chi connectivity index (χ1n) is 7.23. The number of halogens is 2. The molecule has 1 nitrogen and oxygen atoms in total. The highest BCUT2D eigenvalue weighted by Gasteiger charge is 2.14. The number of hydrogen-bond acceptors (Lipinski definition) is 1. The lowest BCUT2D eigenvalue weighted by molar-refractivity contribution is 0.491. The van der Waals surface area contributed by atoms with Gasteiger partial charge in [-0.15, -0.1) is 0 Å². The Morgan fingerprint density at radius 3 is 2.52 bits per heavy atom. The highest BCUT2D eigenvalue weighted by molar-refractivity contribution is 6.31. The lowest BCUT2D eigenvalue weighted by Crippen LogP contribution is -2.23. The van der Waals surface area contributed by atoms with Crippen LogP contribution in [0.5, 0.6) is 0 Å². The van der Waals surface area contributed by atoms with E-state index in [0.29, 0.717) is 10.9 Å². The van der Waals surface area contributed by atoms with E-state index in [1.54, 1.807) is 12.1 Å². The van der Waals surface area contributed by atoms with Gasteiger partial charge < -0.3 is 5.32 Å². The number of rotatable bonds is 6. The molecule has 112 valence electrons. The molecule has 0 aliphatic carbocycles. The summed E-state index contributed by atoms with van der Waals surface area (Å²) in [5, 5.41) is 3.87. The Morgan fingerprint density at radius 2 is 1.81 bits per heavy atom. The molecule has 0 heterocycles. The minimum absolute atomic E-state index is 0.228. The monoisotopic (exact) mass is 305 g/mol. The van der Waals surface area contributed by atoms with Gasteiger partial charge >= 0.3 is 0 Å². The van der Waals surface area contributed by atoms with Crippen LogP contribution in [0.25, 0.3) is 0 Å². The fourth-order valence-electron chi connectivity index (χ4n) is 2.67. The van der Waals surface area contributed by atoms with Crippen molar-refractivity contribution in [3.63, 3.8) is 0 Å². The molecule has 0 fully saturated rings. The maximum atomic E-state index is 13.4. The van der Waals surface area contributed by atoms with Crippen molar-refractivity contribution in [3.05, 3.63) is 70.0 Å². The fourth-order valence-corrected chi connectivity index (χ4v) is 2.86. The molecule has 2 rings (SSSR count). The summed E-state index contributed by atoms with van der Waals surface area (Å²) < 4.78 is 13.4. The molecule has 0 spiro atoms. The van der Waals surface area contributed by atoms with Gasteiger partial charge in [0.25, 0.3) is 0 Å². The normalized spacial score (nSPS) is 12.4. The molecule has 3 heteroatoms. The number of benzene rings is 2. The van der Waals surface area contributed by atoms with Crippen molar-refractivity contribution in [3.8, 4) is 0 Å². The fraction of sp³-hybridized carbons (Fsp3) is 0.333. The molecular weight excluding hydrogens is 285 g/mol. The van der Waals surface area contributed by atoms with E-state index < -0.39 is 0 Å². The van der Waals surface area contributed by atoms with Gasteiger partial charge in [0.1, 0.15) is 5.82 Å². The third-order valence-corrected chi connectivity index (χ3v) is 4.15. The van der Waals surface area contributed by atoms with E-state index in [-0.39, 0.29) is 5.82 Å². The van der Waals surface area contributed by atoms with Crippen molar-refractivity contribution >= 4 is 11.6 Å². The molecule has 0 aliphatic heterocycles. The van der Waals surface area contributed by atoms with E-state index in [2.05, 4.69) is 36.5 Å². The van der Waals surface area contributed by atoms with Crippen LogP contribution < -0.4 is 5.32 Å². The quantitative estimate of drug-likeness (QED) is 0.833. The van der Waals surface area contributed by atoms with Gasteiger partial charge in [-0.3, -0.25) is 0 Å². The van der Waals surface area contributed by atoms with Crippen LogP contribution in [0.3, 0.4) is 0 Å². The predicted octanol–water partition coefficient (Wildman–Crippen LogP) is 4.41. The zero-order valence-corrected chi connectivity index (χ0v) is 13.3. The summed E-state index contributed by atoms with van der Waals surface area (Å²) in [5.74, 6) is 0.156. The van der Waals surface area contributed by atoms with E-state index in [0.717, 1.165) is 24.9 Å². The van der Waals surface area contributed by atoms with Crippen molar-refractivity contribution in [2.75, 3.05) is 13.6 Å². The van der Waals surface area contributed by atoms with Gasteiger partial charge in [0.2, 0.25) is 0 Å². The molecule has 2 aromatic carbocycles. The van der Waals surface area contributed by atoms with Crippen LogP contribution in [0, 0.1) is 18.7 Å². The van der Waals surface area contributed by atoms with Crippen LogP contribution in [-0.2, 0) is 12.8 Å². The number of hydrogen-bond donors (Lipinski definition) is 1. The Hall–Kier alpha value is -1.38. The van der Waals surface area contributed by atoms with Gasteiger partial charge in [-0.25, -0.2) is 4.39 Å². The summed E-state index contributed by atoms with van der Waals surface area (Å²) in [6.07, 6.45) is 1.73. The van der Waals surface area contributed by atoms with Crippen LogP contribution in [0.2, 0.25) is 5.02 Å². The first-order chi connectivity index (χ1) is 10.1. The molecule has 0 radical (unpaired) electrons. The second kappa shape index (κ2) is 7.58. The predicted molar refractivity (Wildman–Crippen MR) is 87.4 cm³/mol. The standard InChI is InChI=1S/C18H21ClFN/c1-13-5-3-4-6-15(13)9-14(12-21-2)10-16-11-17(20)7-8-18(16)19/h3-8,11,14,21H,9-10,12H2,1-2H3. The molecule has 0 aromatic heterocycles. The Bertz CT molecular complexity index is 598. The first kappa shape index (κ1) is 16.0. The van der Waals surface area contributed by atoms with Crippen LogP contribution in [-0.4, -0.2) is 13.6 Å². The van der Waals surface area contributed by atoms with Gasteiger partial charge in [0.15, 0.2) is 0 Å². The second-order valence-corrected chi connectivity index (χ2v) is 5.90. The van der Waals surface area contributed by atoms with Crippen molar-refractivity contribution in [2.45, 2.75) is 19.8 Å². The zero-order chi connectivity index (χ0) is 15.2. The molecule has 0 aliphatic rings. The molecular formula is C18H21ClFN. The molecule has 2 aromatic rings. The van der Waals surface area contributed by atoms with Gasteiger partial charge in [0.05, 0.1) is 0 Å². The van der Waals surface area contributed by atoms with Crippen LogP contribution >= 0.6 is 11.6 Å². The number of aryl methyl sites for hydroxylation is 1. The van der Waals surface area contributed by atoms with Crippen LogP contribution in [0.1, 0.15) is 16.7 Å². The van der Waals surface area contributed by atoms with E-state index in [9.17, 15) is 4.39 Å². The maximum Gasteiger partial charge on any atom is 0.123 e. The SMILES string of the molecule is CNCC(Cc1ccccc1C)Cc1cc(F)ccc1Cl. The maximum absolute atomic E-state index is 13.4. The average Bonchev–Trinajstić information content (AvgIpc) is 2.45. The van der Waals surface area contributed by atoms with E-state index >= 15 is 0 Å². The third-order valence-electron chi connectivity index (χ3n) is 3.78. The van der Waals surface area contributed by atoms with E-state index in [1.807, 2.05) is 7.05 Å². The Kier molecular flexibility index (Phi) is 5.77. The topological polar surface area (TPSA) is 12.0 Å². The molecule has 0 amide bonds. The minimum atomic E-state index is -0.228. The summed E-state index contributed by atoms with van der Waals surface area (Å²) in [6, 6.07) is 13.0. The zero-order valence-electron chi connectivity index (χ0n) is 12.5. The third kappa shape index (κ3) is 4.55. The molecule has 21 heavy (non-hydrogen) atoms. The van der Waals surface area contributed by atoms with Crippen molar-refractivity contribution in [1.82, 2.24) is 5.32 Å². The van der Waals surface area contributed by atoms with E-state index in [4.69, 9.17) is 11.6 Å². The van der Waals surface area contributed by atoms with Crippen molar-refractivity contribution in [1.29, 1.82) is 0 Å². The smallest absolute Gasteiger partial charge is 0.123 e.